The largest absolute Gasteiger partial charge is 0.402 e. The Bertz CT molecular complexity index is 1110. The van der Waals surface area contributed by atoms with Gasteiger partial charge in [0.1, 0.15) is 0 Å². The molecule has 0 fully saturated rings. The van der Waals surface area contributed by atoms with Gasteiger partial charge in [-0.1, -0.05) is 71.6 Å². The van der Waals surface area contributed by atoms with E-state index < -0.39 is 0 Å². The molecule has 0 aliphatic heterocycles. The average molecular weight is 554 g/mol. The van der Waals surface area contributed by atoms with Gasteiger partial charge in [-0.05, 0) is 50.9 Å². The normalized spacial score (nSPS) is 11.7. The highest BCUT2D eigenvalue weighted by Crippen LogP contribution is 2.25. The highest BCUT2D eigenvalue weighted by Gasteiger charge is 2.11. The van der Waals surface area contributed by atoms with Crippen LogP contribution < -0.4 is 10.6 Å². The number of nitrogens with zero attached hydrogens (tertiary/aromatic N) is 2. The number of aromatic nitrogens is 2. The van der Waals surface area contributed by atoms with E-state index in [-0.39, 0.29) is 18.4 Å². The monoisotopic (exact) mass is 553 g/mol. The fourth-order valence-electron chi connectivity index (χ4n) is 3.19. The van der Waals surface area contributed by atoms with Crippen LogP contribution in [0.15, 0.2) is 48.1 Å². The summed E-state index contributed by atoms with van der Waals surface area (Å²) in [5.41, 5.74) is 3.48. The van der Waals surface area contributed by atoms with Crippen molar-refractivity contribution in [3.63, 3.8) is 0 Å². The van der Waals surface area contributed by atoms with Gasteiger partial charge in [-0.25, -0.2) is 4.98 Å². The molecule has 0 bridgehead atoms. The zero-order valence-corrected chi connectivity index (χ0v) is 25.7. The van der Waals surface area contributed by atoms with Gasteiger partial charge < -0.3 is 19.8 Å². The highest BCUT2D eigenvalue weighted by molar-refractivity contribution is 7.14. The van der Waals surface area contributed by atoms with E-state index in [2.05, 4.69) is 43.3 Å². The van der Waals surface area contributed by atoms with Gasteiger partial charge >= 0.3 is 0 Å². The molecule has 7 nitrogen and oxygen atoms in total. The van der Waals surface area contributed by atoms with Crippen LogP contribution in [-0.2, 0) is 9.53 Å². The zero-order chi connectivity index (χ0) is 29.2. The Balaban J connectivity index is 0.000000495. The molecule has 0 aliphatic rings. The first kappa shape index (κ1) is 34.1. The van der Waals surface area contributed by atoms with Crippen molar-refractivity contribution in [3.05, 3.63) is 59.2 Å². The van der Waals surface area contributed by atoms with E-state index in [1.165, 1.54) is 24.2 Å². The number of amides is 2. The summed E-state index contributed by atoms with van der Waals surface area (Å²) in [7, 11) is 1.83. The number of benzene rings is 1. The summed E-state index contributed by atoms with van der Waals surface area (Å²) in [5, 5.41) is 7.72. The lowest BCUT2D eigenvalue weighted by Gasteiger charge is -2.12. The van der Waals surface area contributed by atoms with Gasteiger partial charge in [-0.2, -0.15) is 0 Å². The lowest BCUT2D eigenvalue weighted by atomic mass is 10.0. The summed E-state index contributed by atoms with van der Waals surface area (Å²) in [6, 6.07) is 9.71. The Hall–Kier alpha value is -2.91. The van der Waals surface area contributed by atoms with Gasteiger partial charge in [-0.3, -0.25) is 9.59 Å². The molecule has 0 aliphatic carbocycles. The van der Waals surface area contributed by atoms with Gasteiger partial charge in [0.15, 0.2) is 5.13 Å². The van der Waals surface area contributed by atoms with Gasteiger partial charge in [-0.15, -0.1) is 11.3 Å². The van der Waals surface area contributed by atoms with Gasteiger partial charge in [0.2, 0.25) is 13.3 Å². The van der Waals surface area contributed by atoms with Crippen molar-refractivity contribution in [2.45, 2.75) is 80.7 Å². The minimum absolute atomic E-state index is 0.112. The number of thiazole rings is 1. The van der Waals surface area contributed by atoms with Crippen LogP contribution in [-0.4, -0.2) is 47.9 Å². The first-order valence-corrected chi connectivity index (χ1v) is 14.8. The third-order valence-electron chi connectivity index (χ3n) is 6.03. The highest BCUT2D eigenvalue weighted by atomic mass is 32.1. The molecule has 0 saturated carbocycles. The maximum absolute atomic E-state index is 12.0. The van der Waals surface area contributed by atoms with Crippen molar-refractivity contribution < 1.29 is 14.3 Å². The molecule has 3 aromatic rings. The molecule has 2 heterocycles. The number of ether oxygens (including phenoxy) is 1. The van der Waals surface area contributed by atoms with E-state index in [1.54, 1.807) is 22.9 Å². The number of rotatable bonds is 12. The second kappa shape index (κ2) is 19.2. The molecule has 0 spiro atoms. The molecule has 1 radical (unpaired) electrons. The quantitative estimate of drug-likeness (QED) is 0.235. The molecule has 1 aromatic carbocycles. The van der Waals surface area contributed by atoms with E-state index >= 15 is 0 Å². The predicted octanol–water partition coefficient (Wildman–Crippen LogP) is 7.07. The topological polar surface area (TPSA) is 85.2 Å². The van der Waals surface area contributed by atoms with Crippen molar-refractivity contribution in [2.75, 3.05) is 18.5 Å². The molecule has 2 atom stereocenters. The van der Waals surface area contributed by atoms with E-state index in [1.807, 2.05) is 64.7 Å². The van der Waals surface area contributed by atoms with Gasteiger partial charge in [0, 0.05) is 23.7 Å². The molecule has 0 saturated heterocycles. The van der Waals surface area contributed by atoms with Crippen LogP contribution in [0, 0.1) is 12.8 Å². The van der Waals surface area contributed by atoms with Gasteiger partial charge in [0.25, 0.3) is 5.91 Å². The Labute approximate surface area is 240 Å². The lowest BCUT2D eigenvalue weighted by Crippen LogP contribution is -2.32. The second-order valence-electron chi connectivity index (χ2n) is 9.14. The predicted molar refractivity (Wildman–Crippen MR) is 166 cm³/mol. The maximum Gasteiger partial charge on any atom is 0.253 e. The molecule has 2 aromatic heterocycles. The van der Waals surface area contributed by atoms with Crippen molar-refractivity contribution in [1.82, 2.24) is 14.8 Å². The Morgan fingerprint density at radius 2 is 1.90 bits per heavy atom. The van der Waals surface area contributed by atoms with E-state index in [0.29, 0.717) is 16.8 Å². The molecule has 2 amide bonds. The van der Waals surface area contributed by atoms with Crippen LogP contribution in [0.2, 0.25) is 6.82 Å². The zero-order valence-electron chi connectivity index (χ0n) is 24.9. The second-order valence-corrected chi connectivity index (χ2v) is 9.99. The van der Waals surface area contributed by atoms with Crippen molar-refractivity contribution in [1.29, 1.82) is 0 Å². The number of hydrogen-bond acceptors (Lipinski definition) is 5. The first-order valence-electron chi connectivity index (χ1n) is 13.9. The molecule has 39 heavy (non-hydrogen) atoms. The number of hydrogen-bond donors (Lipinski definition) is 2. The molecule has 2 N–H and O–H groups in total. The average Bonchev–Trinajstić information content (AvgIpc) is 3.63. The Morgan fingerprint density at radius 1 is 1.15 bits per heavy atom. The molecular weight excluding hydrogens is 507 g/mol. The summed E-state index contributed by atoms with van der Waals surface area (Å²) < 4.78 is 7.34. The van der Waals surface area contributed by atoms with Gasteiger partial charge in [0.05, 0.1) is 23.9 Å². The number of anilines is 1. The molecule has 2 unspecified atom stereocenters. The first-order chi connectivity index (χ1) is 18.7. The number of nitrogens with one attached hydrogen (secondary N) is 2. The van der Waals surface area contributed by atoms with E-state index in [9.17, 15) is 9.59 Å². The fourth-order valence-corrected chi connectivity index (χ4v) is 3.93. The number of carbonyl (C=O) groups is 2. The van der Waals surface area contributed by atoms with Crippen LogP contribution in [0.3, 0.4) is 0 Å². The maximum atomic E-state index is 12.0. The van der Waals surface area contributed by atoms with E-state index in [0.717, 1.165) is 35.8 Å². The Kier molecular flexibility index (Phi) is 16.8. The fraction of sp³-hybridized carbons (Fsp3) is 0.500. The van der Waals surface area contributed by atoms with Crippen LogP contribution in [0.25, 0.3) is 11.3 Å². The Morgan fingerprint density at radius 3 is 2.51 bits per heavy atom. The standard InChI is InChI=1S/C18H18BN4O2S.C10H22O.C2H6/c1-12-4-3-5-13(8-12)15-11-26-18(21-15)22-16(24)9-20-17(25)14-6-7-23(10-14)19-2;1-5-9(3)7-8-11-10(4)6-2;1-2/h3-8,10-11H,9H2,1-2H3,(H,20,25)(H,21,22,24);9-10H,5-8H2,1-4H3;1-2H3. The van der Waals surface area contributed by atoms with Crippen LogP contribution in [0.1, 0.15) is 76.7 Å². The SMILES string of the molecule is CC.CCC(C)CCOC(C)CC.C[B]n1ccc(C(=O)NCC(=O)Nc2nc(-c3cccc(C)c3)cs2)c1. The van der Waals surface area contributed by atoms with Crippen molar-refractivity contribution in [2.24, 2.45) is 5.92 Å². The summed E-state index contributed by atoms with van der Waals surface area (Å²) in [4.78, 5) is 28.5. The third-order valence-corrected chi connectivity index (χ3v) is 6.79. The lowest BCUT2D eigenvalue weighted by molar-refractivity contribution is -0.115. The molecule has 3 rings (SSSR count). The van der Waals surface area contributed by atoms with Crippen LogP contribution >= 0.6 is 11.3 Å². The summed E-state index contributed by atoms with van der Waals surface area (Å²) in [6.45, 7) is 17.5. The molecule has 213 valence electrons. The van der Waals surface area contributed by atoms with Crippen LogP contribution in [0.4, 0.5) is 5.13 Å². The van der Waals surface area contributed by atoms with Crippen molar-refractivity contribution in [3.8, 4) is 11.3 Å². The van der Waals surface area contributed by atoms with Crippen LogP contribution in [0.5, 0.6) is 0 Å². The summed E-state index contributed by atoms with van der Waals surface area (Å²) in [6.07, 6.45) is 7.52. The minimum Gasteiger partial charge on any atom is -0.402 e. The third kappa shape index (κ3) is 13.1. The minimum atomic E-state index is -0.315. The molecule has 9 heteroatoms. The summed E-state index contributed by atoms with van der Waals surface area (Å²) in [5.74, 6) is 0.212. The van der Waals surface area contributed by atoms with Crippen molar-refractivity contribution >= 4 is 35.7 Å². The molecular formula is C30H46BN4O3S. The summed E-state index contributed by atoms with van der Waals surface area (Å²) >= 11 is 1.35. The smallest absolute Gasteiger partial charge is 0.253 e. The number of carbonyl (C=O) groups excluding carboxylic acids is 2. The van der Waals surface area contributed by atoms with E-state index in [4.69, 9.17) is 4.74 Å². The number of aryl methyl sites for hydroxylation is 1.